The second kappa shape index (κ2) is 7.33. The van der Waals surface area contributed by atoms with Crippen molar-refractivity contribution >= 4 is 12.0 Å². The van der Waals surface area contributed by atoms with Gasteiger partial charge in [-0.25, -0.2) is 4.79 Å². The number of urea groups is 1. The lowest BCUT2D eigenvalue weighted by atomic mass is 10.2. The molecule has 0 aromatic carbocycles. The lowest BCUT2D eigenvalue weighted by molar-refractivity contribution is -0.137. The predicted octanol–water partition coefficient (Wildman–Crippen LogP) is 0.975. The third-order valence-electron chi connectivity index (χ3n) is 3.48. The summed E-state index contributed by atoms with van der Waals surface area (Å²) in [7, 11) is 2.07. The Kier molecular flexibility index (Phi) is 6.08. The molecule has 2 atom stereocenters. The Morgan fingerprint density at radius 2 is 2.11 bits per heavy atom. The summed E-state index contributed by atoms with van der Waals surface area (Å²) >= 11 is 0. The monoisotopic (exact) mass is 271 g/mol. The minimum absolute atomic E-state index is 0.0454. The first kappa shape index (κ1) is 15.8. The molecule has 0 aliphatic carbocycles. The number of hydrogen-bond donors (Lipinski definition) is 2. The van der Waals surface area contributed by atoms with Gasteiger partial charge in [0, 0.05) is 25.2 Å². The van der Waals surface area contributed by atoms with E-state index < -0.39 is 5.97 Å². The molecular weight excluding hydrogens is 246 g/mol. The maximum atomic E-state index is 12.2. The third kappa shape index (κ3) is 5.06. The van der Waals surface area contributed by atoms with Gasteiger partial charge in [0.15, 0.2) is 0 Å². The Morgan fingerprint density at radius 3 is 2.68 bits per heavy atom. The van der Waals surface area contributed by atoms with Crippen LogP contribution in [-0.4, -0.2) is 65.7 Å². The van der Waals surface area contributed by atoms with Crippen molar-refractivity contribution in [2.45, 2.75) is 45.2 Å². The van der Waals surface area contributed by atoms with Gasteiger partial charge in [-0.15, -0.1) is 0 Å². The van der Waals surface area contributed by atoms with Crippen molar-refractivity contribution in [3.05, 3.63) is 0 Å². The molecule has 2 N–H and O–H groups in total. The highest BCUT2D eigenvalue weighted by Gasteiger charge is 2.26. The number of carbonyl (C=O) groups is 2. The van der Waals surface area contributed by atoms with E-state index in [-0.39, 0.29) is 24.5 Å². The molecule has 1 heterocycles. The normalized spacial score (nSPS) is 22.7. The lowest BCUT2D eigenvalue weighted by Crippen LogP contribution is -2.50. The number of aliphatic carboxylic acids is 1. The van der Waals surface area contributed by atoms with E-state index in [9.17, 15) is 9.59 Å². The van der Waals surface area contributed by atoms with E-state index in [2.05, 4.69) is 24.2 Å². The lowest BCUT2D eigenvalue weighted by Gasteiger charge is -2.31. The van der Waals surface area contributed by atoms with Crippen molar-refractivity contribution < 1.29 is 14.7 Å². The predicted molar refractivity (Wildman–Crippen MR) is 73.1 cm³/mol. The van der Waals surface area contributed by atoms with Crippen LogP contribution in [0.1, 0.15) is 33.1 Å². The standard InChI is InChI=1S/C13H25N3O3/c1-4-11-9-15(3)6-5-7-16(11)13(19)14-10(2)8-12(17)18/h10-11H,4-9H2,1-3H3,(H,14,19)(H,17,18). The number of nitrogens with zero attached hydrogens (tertiary/aromatic N) is 2. The van der Waals surface area contributed by atoms with E-state index >= 15 is 0 Å². The number of carboxylic acids is 1. The zero-order chi connectivity index (χ0) is 14.4. The molecule has 1 fully saturated rings. The van der Waals surface area contributed by atoms with Crippen LogP contribution >= 0.6 is 0 Å². The van der Waals surface area contributed by atoms with Crippen LogP contribution in [0.2, 0.25) is 0 Å². The van der Waals surface area contributed by atoms with Gasteiger partial charge < -0.3 is 20.2 Å². The molecule has 6 nitrogen and oxygen atoms in total. The van der Waals surface area contributed by atoms with Crippen LogP contribution in [-0.2, 0) is 4.79 Å². The Balaban J connectivity index is 2.59. The maximum Gasteiger partial charge on any atom is 0.317 e. The van der Waals surface area contributed by atoms with E-state index in [0.29, 0.717) is 0 Å². The number of hydrogen-bond acceptors (Lipinski definition) is 3. The molecule has 0 bridgehead atoms. The largest absolute Gasteiger partial charge is 0.481 e. The third-order valence-corrected chi connectivity index (χ3v) is 3.48. The van der Waals surface area contributed by atoms with Crippen molar-refractivity contribution in [1.29, 1.82) is 0 Å². The minimum atomic E-state index is -0.893. The van der Waals surface area contributed by atoms with Crippen molar-refractivity contribution in [2.24, 2.45) is 0 Å². The second-order valence-corrected chi connectivity index (χ2v) is 5.32. The molecular formula is C13H25N3O3. The summed E-state index contributed by atoms with van der Waals surface area (Å²) in [6, 6.07) is -0.288. The highest BCUT2D eigenvalue weighted by Crippen LogP contribution is 2.12. The van der Waals surface area contributed by atoms with E-state index in [4.69, 9.17) is 5.11 Å². The highest BCUT2D eigenvalue weighted by atomic mass is 16.4. The van der Waals surface area contributed by atoms with Crippen LogP contribution in [0.4, 0.5) is 4.79 Å². The Morgan fingerprint density at radius 1 is 1.42 bits per heavy atom. The summed E-state index contributed by atoms with van der Waals surface area (Å²) in [6.07, 6.45) is 1.81. The number of carbonyl (C=O) groups excluding carboxylic acids is 1. The first-order valence-electron chi connectivity index (χ1n) is 6.91. The van der Waals surface area contributed by atoms with Gasteiger partial charge in [0.2, 0.25) is 0 Å². The molecule has 1 saturated heterocycles. The quantitative estimate of drug-likeness (QED) is 0.799. The zero-order valence-corrected chi connectivity index (χ0v) is 12.1. The van der Waals surface area contributed by atoms with Crippen molar-refractivity contribution in [2.75, 3.05) is 26.7 Å². The summed E-state index contributed by atoms with van der Waals surface area (Å²) in [5, 5.41) is 11.5. The van der Waals surface area contributed by atoms with Gasteiger partial charge in [-0.2, -0.15) is 0 Å². The van der Waals surface area contributed by atoms with Crippen LogP contribution in [0.25, 0.3) is 0 Å². The van der Waals surface area contributed by atoms with Gasteiger partial charge in [-0.3, -0.25) is 4.79 Å². The number of carboxylic acid groups (broad SMARTS) is 1. The smallest absolute Gasteiger partial charge is 0.317 e. The van der Waals surface area contributed by atoms with Crippen LogP contribution in [0, 0.1) is 0 Å². The second-order valence-electron chi connectivity index (χ2n) is 5.32. The molecule has 0 aromatic heterocycles. The molecule has 2 unspecified atom stereocenters. The molecule has 1 rings (SSSR count). The summed E-state index contributed by atoms with van der Waals surface area (Å²) in [5.74, 6) is -0.893. The Labute approximate surface area is 114 Å². The first-order chi connectivity index (χ1) is 8.93. The number of amides is 2. The van der Waals surface area contributed by atoms with Gasteiger partial charge in [0.1, 0.15) is 0 Å². The Hall–Kier alpha value is -1.30. The Bertz CT molecular complexity index is 322. The van der Waals surface area contributed by atoms with Gasteiger partial charge in [0.05, 0.1) is 6.42 Å². The van der Waals surface area contributed by atoms with Crippen molar-refractivity contribution in [3.63, 3.8) is 0 Å². The highest BCUT2D eigenvalue weighted by molar-refractivity contribution is 5.76. The molecule has 110 valence electrons. The van der Waals surface area contributed by atoms with Crippen molar-refractivity contribution in [3.8, 4) is 0 Å². The maximum absolute atomic E-state index is 12.2. The molecule has 6 heteroatoms. The zero-order valence-electron chi connectivity index (χ0n) is 12.1. The van der Waals surface area contributed by atoms with Crippen LogP contribution in [0.3, 0.4) is 0 Å². The SMILES string of the molecule is CCC1CN(C)CCCN1C(=O)NC(C)CC(=O)O. The summed E-state index contributed by atoms with van der Waals surface area (Å²) < 4.78 is 0. The minimum Gasteiger partial charge on any atom is -0.481 e. The van der Waals surface area contributed by atoms with Gasteiger partial charge in [-0.05, 0) is 33.4 Å². The van der Waals surface area contributed by atoms with Gasteiger partial charge >= 0.3 is 12.0 Å². The van der Waals surface area contributed by atoms with Crippen molar-refractivity contribution in [1.82, 2.24) is 15.1 Å². The summed E-state index contributed by atoms with van der Waals surface area (Å²) in [6.45, 7) is 6.39. The fourth-order valence-electron chi connectivity index (χ4n) is 2.47. The topological polar surface area (TPSA) is 72.9 Å². The molecule has 0 saturated carbocycles. The van der Waals surface area contributed by atoms with E-state index in [1.54, 1.807) is 6.92 Å². The summed E-state index contributed by atoms with van der Waals surface area (Å²) in [5.41, 5.74) is 0. The molecule has 1 aliphatic heterocycles. The fourth-order valence-corrected chi connectivity index (χ4v) is 2.47. The fraction of sp³-hybridized carbons (Fsp3) is 0.846. The van der Waals surface area contributed by atoms with Gasteiger partial charge in [0.25, 0.3) is 0 Å². The van der Waals surface area contributed by atoms with E-state index in [1.165, 1.54) is 0 Å². The van der Waals surface area contributed by atoms with Gasteiger partial charge in [-0.1, -0.05) is 6.92 Å². The van der Waals surface area contributed by atoms with Crippen LogP contribution in [0.5, 0.6) is 0 Å². The molecule has 0 radical (unpaired) electrons. The molecule has 0 spiro atoms. The number of nitrogens with one attached hydrogen (secondary N) is 1. The number of rotatable bonds is 4. The molecule has 1 aliphatic rings. The summed E-state index contributed by atoms with van der Waals surface area (Å²) in [4.78, 5) is 26.9. The molecule has 0 aromatic rings. The first-order valence-corrected chi connectivity index (χ1v) is 6.91. The molecule has 2 amide bonds. The van der Waals surface area contributed by atoms with Crippen LogP contribution < -0.4 is 5.32 Å². The van der Waals surface area contributed by atoms with E-state index in [0.717, 1.165) is 32.5 Å². The van der Waals surface area contributed by atoms with Crippen LogP contribution in [0.15, 0.2) is 0 Å². The van der Waals surface area contributed by atoms with E-state index in [1.807, 2.05) is 4.90 Å². The number of likely N-dealkylation sites (N-methyl/N-ethyl adjacent to an activating group) is 1. The average molecular weight is 271 g/mol. The molecule has 19 heavy (non-hydrogen) atoms. The average Bonchev–Trinajstić information content (AvgIpc) is 2.49.